The lowest BCUT2D eigenvalue weighted by Gasteiger charge is -2.09. The molecule has 7 nitrogen and oxygen atoms in total. The first-order valence-corrected chi connectivity index (χ1v) is 8.86. The summed E-state index contributed by atoms with van der Waals surface area (Å²) < 4.78 is 10.7. The third-order valence-corrected chi connectivity index (χ3v) is 4.71. The van der Waals surface area contributed by atoms with Crippen LogP contribution < -0.4 is 10.6 Å². The van der Waals surface area contributed by atoms with Crippen molar-refractivity contribution in [1.29, 1.82) is 0 Å². The Morgan fingerprint density at radius 3 is 2.52 bits per heavy atom. The fourth-order valence-electron chi connectivity index (χ4n) is 2.66. The molecule has 2 fully saturated rings. The molecular formula is C15H21N3O4S. The zero-order valence-electron chi connectivity index (χ0n) is 12.9. The third-order valence-electron chi connectivity index (χ3n) is 3.91. The van der Waals surface area contributed by atoms with Gasteiger partial charge in [-0.05, 0) is 25.7 Å². The molecule has 1 aromatic heterocycles. The summed E-state index contributed by atoms with van der Waals surface area (Å²) >= 11 is 1.38. The van der Waals surface area contributed by atoms with Crippen molar-refractivity contribution in [2.75, 3.05) is 25.1 Å². The summed E-state index contributed by atoms with van der Waals surface area (Å²) in [7, 11) is 0. The summed E-state index contributed by atoms with van der Waals surface area (Å²) in [5, 5.41) is 8.11. The van der Waals surface area contributed by atoms with Gasteiger partial charge in [0.15, 0.2) is 5.13 Å². The lowest BCUT2D eigenvalue weighted by atomic mass is 10.2. The maximum atomic E-state index is 11.9. The van der Waals surface area contributed by atoms with E-state index in [-0.39, 0.29) is 24.0 Å². The highest BCUT2D eigenvalue weighted by atomic mass is 32.1. The number of aromatic nitrogens is 1. The molecule has 2 N–H and O–H groups in total. The van der Waals surface area contributed by atoms with Crippen LogP contribution in [0.2, 0.25) is 0 Å². The number of nitrogens with one attached hydrogen (secondary N) is 2. The predicted octanol–water partition coefficient (Wildman–Crippen LogP) is 1.10. The minimum atomic E-state index is -0.354. The van der Waals surface area contributed by atoms with E-state index in [2.05, 4.69) is 15.6 Å². The van der Waals surface area contributed by atoms with Crippen molar-refractivity contribution >= 4 is 28.3 Å². The summed E-state index contributed by atoms with van der Waals surface area (Å²) in [6, 6.07) is 0. The Morgan fingerprint density at radius 1 is 1.17 bits per heavy atom. The van der Waals surface area contributed by atoms with E-state index in [1.165, 1.54) is 11.3 Å². The molecule has 0 bridgehead atoms. The van der Waals surface area contributed by atoms with E-state index >= 15 is 0 Å². The van der Waals surface area contributed by atoms with E-state index in [0.717, 1.165) is 31.4 Å². The second-order valence-electron chi connectivity index (χ2n) is 5.68. The van der Waals surface area contributed by atoms with Gasteiger partial charge >= 0.3 is 0 Å². The van der Waals surface area contributed by atoms with Gasteiger partial charge in [0.25, 0.3) is 5.91 Å². The first-order chi connectivity index (χ1) is 11.2. The highest BCUT2D eigenvalue weighted by molar-refractivity contribution is 7.13. The van der Waals surface area contributed by atoms with Crippen molar-refractivity contribution in [2.45, 2.75) is 44.3 Å². The maximum Gasteiger partial charge on any atom is 0.255 e. The van der Waals surface area contributed by atoms with E-state index in [0.29, 0.717) is 31.3 Å². The van der Waals surface area contributed by atoms with Gasteiger partial charge in [-0.15, -0.1) is 11.3 Å². The number of carbonyl (C=O) groups excluding carboxylic acids is 2. The molecule has 3 heterocycles. The Kier molecular flexibility index (Phi) is 5.58. The molecule has 0 spiro atoms. The van der Waals surface area contributed by atoms with Crippen LogP contribution in [0.5, 0.6) is 0 Å². The third kappa shape index (κ3) is 4.49. The molecule has 0 radical (unpaired) electrons. The number of rotatable bonds is 6. The number of hydrogen-bond acceptors (Lipinski definition) is 6. The number of anilines is 1. The van der Waals surface area contributed by atoms with Gasteiger partial charge < -0.3 is 14.8 Å². The summed E-state index contributed by atoms with van der Waals surface area (Å²) in [4.78, 5) is 28.1. The average Bonchev–Trinajstić information content (AvgIpc) is 3.30. The Balaban J connectivity index is 1.40. The molecule has 0 saturated carbocycles. The fourth-order valence-corrected chi connectivity index (χ4v) is 3.41. The predicted molar refractivity (Wildman–Crippen MR) is 85.4 cm³/mol. The number of thiazole rings is 1. The molecule has 23 heavy (non-hydrogen) atoms. The van der Waals surface area contributed by atoms with Crippen LogP contribution in [-0.2, 0) is 25.5 Å². The number of carbonyl (C=O) groups is 2. The Bertz CT molecular complexity index is 551. The quantitative estimate of drug-likeness (QED) is 0.810. The summed E-state index contributed by atoms with van der Waals surface area (Å²) in [6.07, 6.45) is 3.40. The molecule has 2 amide bonds. The van der Waals surface area contributed by atoms with Crippen molar-refractivity contribution in [3.63, 3.8) is 0 Å². The Hall–Kier alpha value is -1.51. The Labute approximate surface area is 138 Å². The molecule has 2 aliphatic rings. The molecule has 0 aliphatic carbocycles. The zero-order chi connectivity index (χ0) is 16.1. The maximum absolute atomic E-state index is 11.9. The van der Waals surface area contributed by atoms with Crippen molar-refractivity contribution in [3.8, 4) is 0 Å². The van der Waals surface area contributed by atoms with Crippen molar-refractivity contribution in [3.05, 3.63) is 11.1 Å². The molecule has 2 aliphatic heterocycles. The number of hydrogen-bond donors (Lipinski definition) is 2. The van der Waals surface area contributed by atoms with Gasteiger partial charge in [-0.1, -0.05) is 0 Å². The van der Waals surface area contributed by atoms with Gasteiger partial charge in [0.2, 0.25) is 5.91 Å². The van der Waals surface area contributed by atoms with Gasteiger partial charge in [0, 0.05) is 31.6 Å². The lowest BCUT2D eigenvalue weighted by molar-refractivity contribution is -0.130. The average molecular weight is 339 g/mol. The van der Waals surface area contributed by atoms with Gasteiger partial charge in [0.05, 0.1) is 5.69 Å². The number of nitrogens with zero attached hydrogens (tertiary/aromatic N) is 1. The molecule has 0 unspecified atom stereocenters. The molecule has 8 heteroatoms. The highest BCUT2D eigenvalue weighted by Crippen LogP contribution is 2.19. The monoisotopic (exact) mass is 339 g/mol. The van der Waals surface area contributed by atoms with E-state index in [1.54, 1.807) is 0 Å². The van der Waals surface area contributed by atoms with Crippen molar-refractivity contribution in [1.82, 2.24) is 10.3 Å². The van der Waals surface area contributed by atoms with Crippen molar-refractivity contribution in [2.24, 2.45) is 0 Å². The van der Waals surface area contributed by atoms with Gasteiger partial charge in [-0.25, -0.2) is 4.98 Å². The molecular weight excluding hydrogens is 318 g/mol. The van der Waals surface area contributed by atoms with Crippen molar-refractivity contribution < 1.29 is 19.1 Å². The molecule has 126 valence electrons. The lowest BCUT2D eigenvalue weighted by Crippen LogP contribution is -2.35. The fraction of sp³-hybridized carbons (Fsp3) is 0.667. The van der Waals surface area contributed by atoms with Crippen LogP contribution in [0.3, 0.4) is 0 Å². The summed E-state index contributed by atoms with van der Waals surface area (Å²) in [5.74, 6) is -0.181. The molecule has 1 aromatic rings. The largest absolute Gasteiger partial charge is 0.368 e. The van der Waals surface area contributed by atoms with E-state index in [9.17, 15) is 9.59 Å². The summed E-state index contributed by atoms with van der Waals surface area (Å²) in [6.45, 7) is 1.82. The van der Waals surface area contributed by atoms with Crippen LogP contribution in [0.15, 0.2) is 5.38 Å². The van der Waals surface area contributed by atoms with Crippen LogP contribution in [0.4, 0.5) is 5.13 Å². The van der Waals surface area contributed by atoms with E-state index in [1.807, 2.05) is 5.38 Å². The normalized spacial score (nSPS) is 23.8. The minimum absolute atomic E-state index is 0.0513. The molecule has 0 aromatic carbocycles. The van der Waals surface area contributed by atoms with Gasteiger partial charge in [-0.2, -0.15) is 0 Å². The second kappa shape index (κ2) is 7.85. The zero-order valence-corrected chi connectivity index (χ0v) is 13.7. The topological polar surface area (TPSA) is 89.6 Å². The second-order valence-corrected chi connectivity index (χ2v) is 6.54. The van der Waals surface area contributed by atoms with Crippen LogP contribution in [-0.4, -0.2) is 48.8 Å². The molecule has 2 saturated heterocycles. The van der Waals surface area contributed by atoms with Crippen LogP contribution in [0, 0.1) is 0 Å². The summed E-state index contributed by atoms with van der Waals surface area (Å²) in [5.41, 5.74) is 0.852. The van der Waals surface area contributed by atoms with Crippen LogP contribution in [0.25, 0.3) is 0 Å². The van der Waals surface area contributed by atoms with Crippen LogP contribution >= 0.6 is 11.3 Å². The first-order valence-electron chi connectivity index (χ1n) is 7.98. The van der Waals surface area contributed by atoms with E-state index in [4.69, 9.17) is 9.47 Å². The SMILES string of the molecule is O=C(NCCc1csc(NC(=O)[C@H]2CCCO2)n1)[C@H]1CCCO1. The highest BCUT2D eigenvalue weighted by Gasteiger charge is 2.24. The standard InChI is InChI=1S/C15H21N3O4S/c19-13(11-3-1-7-21-11)16-6-5-10-9-23-15(17-10)18-14(20)12-4-2-8-22-12/h9,11-12H,1-8H2,(H,16,19)(H,17,18,20)/t11-,12-/m1/s1. The number of ether oxygens (including phenoxy) is 2. The van der Waals surface area contributed by atoms with Gasteiger partial charge in [0.1, 0.15) is 12.2 Å². The van der Waals surface area contributed by atoms with Gasteiger partial charge in [-0.3, -0.25) is 14.9 Å². The first kappa shape index (κ1) is 16.4. The smallest absolute Gasteiger partial charge is 0.255 e. The van der Waals surface area contributed by atoms with E-state index < -0.39 is 0 Å². The molecule has 3 rings (SSSR count). The minimum Gasteiger partial charge on any atom is -0.368 e. The number of amides is 2. The Morgan fingerprint density at radius 2 is 1.87 bits per heavy atom. The van der Waals surface area contributed by atoms with Crippen LogP contribution in [0.1, 0.15) is 31.4 Å². The molecule has 2 atom stereocenters.